The summed E-state index contributed by atoms with van der Waals surface area (Å²) in [5.41, 5.74) is 13.2. The van der Waals surface area contributed by atoms with Crippen LogP contribution in [0.5, 0.6) is 0 Å². The molecule has 1 aliphatic carbocycles. The van der Waals surface area contributed by atoms with Gasteiger partial charge in [-0.25, -0.2) is 0 Å². The Kier molecular flexibility index (Phi) is 5.37. The lowest BCUT2D eigenvalue weighted by atomic mass is 9.82. The minimum atomic E-state index is -0.0121. The third-order valence-corrected chi connectivity index (χ3v) is 7.31. The fourth-order valence-corrected chi connectivity index (χ4v) is 5.24. The molecule has 1 nitrogen and oxygen atoms in total. The van der Waals surface area contributed by atoms with Crippen LogP contribution in [0.2, 0.25) is 0 Å². The Morgan fingerprint density at radius 3 is 2.00 bits per heavy atom. The van der Waals surface area contributed by atoms with Crippen molar-refractivity contribution in [1.29, 1.82) is 0 Å². The molecule has 33 heavy (non-hydrogen) atoms. The zero-order valence-electron chi connectivity index (χ0n) is 20.4. The lowest BCUT2D eigenvalue weighted by Crippen LogP contribution is -2.16. The topological polar surface area (TPSA) is 3.24 Å². The molecule has 0 aromatic heterocycles. The summed E-state index contributed by atoms with van der Waals surface area (Å²) in [5.74, 6) is 0. The van der Waals surface area contributed by atoms with Gasteiger partial charge < -0.3 is 4.90 Å². The van der Waals surface area contributed by atoms with E-state index < -0.39 is 0 Å². The van der Waals surface area contributed by atoms with Crippen LogP contribution in [0, 0.1) is 13.8 Å². The summed E-state index contributed by atoms with van der Waals surface area (Å²) in [6, 6.07) is 31.7. The average Bonchev–Trinajstić information content (AvgIpc) is 3.05. The summed E-state index contributed by atoms with van der Waals surface area (Å²) < 4.78 is 0. The zero-order chi connectivity index (χ0) is 23.2. The zero-order valence-corrected chi connectivity index (χ0v) is 20.4. The van der Waals surface area contributed by atoms with Gasteiger partial charge in [0, 0.05) is 22.5 Å². The number of aryl methyl sites for hydroxylation is 3. The van der Waals surface area contributed by atoms with Crippen molar-refractivity contribution in [3.8, 4) is 11.1 Å². The van der Waals surface area contributed by atoms with Crippen molar-refractivity contribution in [3.05, 3.63) is 113 Å². The van der Waals surface area contributed by atoms with E-state index >= 15 is 0 Å². The van der Waals surface area contributed by atoms with Crippen LogP contribution >= 0.6 is 0 Å². The molecule has 0 aliphatic heterocycles. The molecule has 5 rings (SSSR count). The van der Waals surface area contributed by atoms with Crippen molar-refractivity contribution in [2.45, 2.75) is 52.9 Å². The first-order valence-corrected chi connectivity index (χ1v) is 12.1. The highest BCUT2D eigenvalue weighted by Gasteiger charge is 2.35. The van der Waals surface area contributed by atoms with E-state index in [1.807, 2.05) is 0 Å². The molecular weight excluding hydrogens is 398 g/mol. The van der Waals surface area contributed by atoms with E-state index in [-0.39, 0.29) is 5.41 Å². The molecule has 0 fully saturated rings. The van der Waals surface area contributed by atoms with Crippen molar-refractivity contribution < 1.29 is 0 Å². The van der Waals surface area contributed by atoms with Gasteiger partial charge >= 0.3 is 0 Å². The normalized spacial score (nSPS) is 13.5. The van der Waals surface area contributed by atoms with Crippen LogP contribution in [-0.4, -0.2) is 0 Å². The average molecular weight is 432 g/mol. The maximum atomic E-state index is 2.41. The molecule has 0 atom stereocenters. The van der Waals surface area contributed by atoms with Crippen molar-refractivity contribution in [2.75, 3.05) is 4.90 Å². The number of anilines is 3. The number of nitrogens with zero attached hydrogens (tertiary/aromatic N) is 1. The molecule has 0 saturated carbocycles. The standard InChI is InChI=1S/C32H33N/c1-6-9-24-13-16-25(17-14-24)33(26-15-12-22(2)23(3)20-26)27-18-19-29-28-10-7-8-11-30(28)32(4,5)31(29)21-27/h7-8,10-21H,6,9H2,1-5H3. The van der Waals surface area contributed by atoms with Crippen molar-refractivity contribution in [2.24, 2.45) is 0 Å². The number of fused-ring (bicyclic) bond motifs is 3. The second kappa shape index (κ2) is 8.23. The number of benzene rings is 4. The first-order valence-electron chi connectivity index (χ1n) is 12.1. The van der Waals surface area contributed by atoms with Crippen LogP contribution in [0.1, 0.15) is 55.0 Å². The molecule has 4 aromatic rings. The van der Waals surface area contributed by atoms with Crippen LogP contribution < -0.4 is 4.90 Å². The quantitative estimate of drug-likeness (QED) is 0.305. The SMILES string of the molecule is CCCc1ccc(N(c2ccc(C)c(C)c2)c2ccc3c(c2)C(C)(C)c2ccccc2-3)cc1. The maximum absolute atomic E-state index is 2.41. The van der Waals surface area contributed by atoms with Gasteiger partial charge in [-0.1, -0.05) is 75.7 Å². The molecule has 1 aliphatic rings. The lowest BCUT2D eigenvalue weighted by Gasteiger charge is -2.28. The third kappa shape index (κ3) is 3.66. The smallest absolute Gasteiger partial charge is 0.0465 e. The van der Waals surface area contributed by atoms with Crippen LogP contribution in [0.15, 0.2) is 84.9 Å². The highest BCUT2D eigenvalue weighted by atomic mass is 15.1. The monoisotopic (exact) mass is 431 g/mol. The molecule has 0 heterocycles. The summed E-state index contributed by atoms with van der Waals surface area (Å²) in [7, 11) is 0. The van der Waals surface area contributed by atoms with E-state index in [0.29, 0.717) is 0 Å². The highest BCUT2D eigenvalue weighted by Crippen LogP contribution is 2.50. The van der Waals surface area contributed by atoms with Crippen LogP contribution in [0.25, 0.3) is 11.1 Å². The van der Waals surface area contributed by atoms with E-state index in [2.05, 4.69) is 124 Å². The molecule has 0 amide bonds. The summed E-state index contributed by atoms with van der Waals surface area (Å²) in [6.45, 7) is 11.3. The Morgan fingerprint density at radius 1 is 0.636 bits per heavy atom. The molecule has 0 unspecified atom stereocenters. The molecule has 0 radical (unpaired) electrons. The lowest BCUT2D eigenvalue weighted by molar-refractivity contribution is 0.660. The van der Waals surface area contributed by atoms with Gasteiger partial charge in [0.2, 0.25) is 0 Å². The highest BCUT2D eigenvalue weighted by molar-refractivity contribution is 5.85. The molecule has 166 valence electrons. The molecular formula is C32H33N. The van der Waals surface area contributed by atoms with E-state index in [4.69, 9.17) is 0 Å². The van der Waals surface area contributed by atoms with Gasteiger partial charge in [0.25, 0.3) is 0 Å². The summed E-state index contributed by atoms with van der Waals surface area (Å²) >= 11 is 0. The molecule has 0 spiro atoms. The molecule has 4 aromatic carbocycles. The van der Waals surface area contributed by atoms with Gasteiger partial charge in [0.15, 0.2) is 0 Å². The molecule has 1 heteroatoms. The molecule has 0 bridgehead atoms. The fraction of sp³-hybridized carbons (Fsp3) is 0.250. The van der Waals surface area contributed by atoms with Gasteiger partial charge in [0.1, 0.15) is 0 Å². The van der Waals surface area contributed by atoms with Gasteiger partial charge in [-0.05, 0) is 95.6 Å². The van der Waals surface area contributed by atoms with Crippen LogP contribution in [0.4, 0.5) is 17.1 Å². The fourth-order valence-electron chi connectivity index (χ4n) is 5.24. The predicted molar refractivity (Wildman–Crippen MR) is 142 cm³/mol. The number of hydrogen-bond acceptors (Lipinski definition) is 1. The first kappa shape index (κ1) is 21.5. The van der Waals surface area contributed by atoms with E-state index in [0.717, 1.165) is 6.42 Å². The van der Waals surface area contributed by atoms with Crippen LogP contribution in [0.3, 0.4) is 0 Å². The Bertz CT molecular complexity index is 1310. The third-order valence-electron chi connectivity index (χ3n) is 7.31. The summed E-state index contributed by atoms with van der Waals surface area (Å²) in [6.07, 6.45) is 2.29. The number of rotatable bonds is 5. The summed E-state index contributed by atoms with van der Waals surface area (Å²) in [4.78, 5) is 2.40. The van der Waals surface area contributed by atoms with Gasteiger partial charge in [-0.15, -0.1) is 0 Å². The molecule has 0 saturated heterocycles. The first-order chi connectivity index (χ1) is 15.9. The minimum absolute atomic E-state index is 0.0121. The van der Waals surface area contributed by atoms with E-state index in [9.17, 15) is 0 Å². The van der Waals surface area contributed by atoms with E-state index in [1.165, 1.54) is 62.4 Å². The van der Waals surface area contributed by atoms with Gasteiger partial charge in [-0.2, -0.15) is 0 Å². The number of hydrogen-bond donors (Lipinski definition) is 0. The maximum Gasteiger partial charge on any atom is 0.0465 e. The largest absolute Gasteiger partial charge is 0.310 e. The Labute approximate surface area is 198 Å². The van der Waals surface area contributed by atoms with Crippen LogP contribution in [-0.2, 0) is 11.8 Å². The van der Waals surface area contributed by atoms with E-state index in [1.54, 1.807) is 0 Å². The summed E-state index contributed by atoms with van der Waals surface area (Å²) in [5, 5.41) is 0. The minimum Gasteiger partial charge on any atom is -0.310 e. The van der Waals surface area contributed by atoms with Gasteiger partial charge in [0.05, 0.1) is 0 Å². The second-order valence-electron chi connectivity index (χ2n) is 9.92. The Balaban J connectivity index is 1.66. The Hall–Kier alpha value is -3.32. The Morgan fingerprint density at radius 2 is 1.27 bits per heavy atom. The van der Waals surface area contributed by atoms with Gasteiger partial charge in [-0.3, -0.25) is 0 Å². The van der Waals surface area contributed by atoms with Crippen molar-refractivity contribution in [3.63, 3.8) is 0 Å². The van der Waals surface area contributed by atoms with Crippen molar-refractivity contribution >= 4 is 17.1 Å². The van der Waals surface area contributed by atoms with Crippen molar-refractivity contribution in [1.82, 2.24) is 0 Å². The molecule has 0 N–H and O–H groups in total. The second-order valence-corrected chi connectivity index (χ2v) is 9.92. The predicted octanol–water partition coefficient (Wildman–Crippen LogP) is 9.03.